The van der Waals surface area contributed by atoms with Gasteiger partial charge in [-0.25, -0.2) is 15.0 Å². The first-order valence-corrected chi connectivity index (χ1v) is 12.2. The van der Waals surface area contributed by atoms with E-state index < -0.39 is 17.8 Å². The number of fused-ring (bicyclic) bond motifs is 1. The number of carbonyl (C=O) groups excluding carboxylic acids is 3. The van der Waals surface area contributed by atoms with Crippen molar-refractivity contribution in [3.05, 3.63) is 65.8 Å². The van der Waals surface area contributed by atoms with Crippen LogP contribution in [0.25, 0.3) is 11.0 Å². The number of ketones is 2. The van der Waals surface area contributed by atoms with Gasteiger partial charge in [0, 0.05) is 17.8 Å². The SMILES string of the molecule is O=C(c1ccc(Nc2ccc(C3CC3)nc2)nc1F)c1c[nH]c2ncnc(NC3C(=O)CSC3=O)c12. The third-order valence-corrected chi connectivity index (χ3v) is 7.01. The number of carbonyl (C=O) groups is 3. The van der Waals surface area contributed by atoms with E-state index in [9.17, 15) is 18.8 Å². The lowest BCUT2D eigenvalue weighted by Crippen LogP contribution is -2.31. The van der Waals surface area contributed by atoms with Crippen LogP contribution in [0.15, 0.2) is 43.0 Å². The summed E-state index contributed by atoms with van der Waals surface area (Å²) in [5.74, 6) is -0.922. The van der Waals surface area contributed by atoms with Crippen molar-refractivity contribution in [2.75, 3.05) is 16.4 Å². The van der Waals surface area contributed by atoms with Crippen LogP contribution < -0.4 is 10.6 Å². The molecule has 1 saturated carbocycles. The molecule has 2 aliphatic rings. The molecule has 0 amide bonds. The Labute approximate surface area is 207 Å². The highest BCUT2D eigenvalue weighted by molar-refractivity contribution is 8.15. The van der Waals surface area contributed by atoms with Crippen LogP contribution >= 0.6 is 11.8 Å². The summed E-state index contributed by atoms with van der Waals surface area (Å²) in [5, 5.41) is 5.73. The van der Waals surface area contributed by atoms with Gasteiger partial charge in [0.2, 0.25) is 11.1 Å². The van der Waals surface area contributed by atoms with Gasteiger partial charge in [-0.05, 0) is 37.1 Å². The minimum Gasteiger partial charge on any atom is -0.353 e. The Morgan fingerprint density at radius 1 is 1.08 bits per heavy atom. The number of hydrogen-bond acceptors (Lipinski definition) is 10. The van der Waals surface area contributed by atoms with Crippen molar-refractivity contribution < 1.29 is 18.8 Å². The van der Waals surface area contributed by atoms with Crippen molar-refractivity contribution in [2.24, 2.45) is 0 Å². The van der Waals surface area contributed by atoms with Gasteiger partial charge in [0.05, 0.1) is 34.2 Å². The topological polar surface area (TPSA) is 143 Å². The minimum atomic E-state index is -1.07. The molecular weight excluding hydrogens is 485 g/mol. The zero-order chi connectivity index (χ0) is 24.8. The molecular formula is C24H18FN7O3S. The van der Waals surface area contributed by atoms with E-state index in [0.717, 1.165) is 30.3 Å². The second kappa shape index (κ2) is 8.79. The quantitative estimate of drug-likeness (QED) is 0.195. The van der Waals surface area contributed by atoms with Crippen LogP contribution in [0, 0.1) is 5.95 Å². The van der Waals surface area contributed by atoms with Gasteiger partial charge in [-0.15, -0.1) is 0 Å². The molecule has 0 bridgehead atoms. The number of halogens is 1. The molecule has 4 aromatic heterocycles. The van der Waals surface area contributed by atoms with E-state index in [-0.39, 0.29) is 44.8 Å². The normalized spacial score (nSPS) is 17.5. The zero-order valence-corrected chi connectivity index (χ0v) is 19.4. The van der Waals surface area contributed by atoms with E-state index in [4.69, 9.17) is 0 Å². The molecule has 2 fully saturated rings. The molecule has 6 rings (SSSR count). The van der Waals surface area contributed by atoms with Crippen LogP contribution in [0.5, 0.6) is 0 Å². The second-order valence-corrected chi connectivity index (χ2v) is 9.51. The number of anilines is 3. The molecule has 36 heavy (non-hydrogen) atoms. The fourth-order valence-electron chi connectivity index (χ4n) is 4.03. The van der Waals surface area contributed by atoms with Crippen molar-refractivity contribution in [3.8, 4) is 0 Å². The second-order valence-electron chi connectivity index (χ2n) is 8.53. The number of aromatic amines is 1. The highest BCUT2D eigenvalue weighted by Crippen LogP contribution is 2.39. The molecule has 1 unspecified atom stereocenters. The highest BCUT2D eigenvalue weighted by Gasteiger charge is 2.35. The fourth-order valence-corrected chi connectivity index (χ4v) is 4.84. The maximum atomic E-state index is 15.0. The first kappa shape index (κ1) is 22.3. The van der Waals surface area contributed by atoms with E-state index in [1.807, 2.05) is 12.1 Å². The number of Topliss-reactive ketones (excluding diaryl/α,β-unsaturated/α-hetero) is 1. The van der Waals surface area contributed by atoms with Gasteiger partial charge >= 0.3 is 0 Å². The average molecular weight is 504 g/mol. The van der Waals surface area contributed by atoms with Gasteiger partial charge in [0.25, 0.3) is 0 Å². The summed E-state index contributed by atoms with van der Waals surface area (Å²) >= 11 is 0.919. The molecule has 0 spiro atoms. The Balaban J connectivity index is 1.27. The lowest BCUT2D eigenvalue weighted by atomic mass is 10.0. The molecule has 1 aliphatic heterocycles. The summed E-state index contributed by atoms with van der Waals surface area (Å²) in [6.07, 6.45) is 6.60. The maximum Gasteiger partial charge on any atom is 0.226 e. The smallest absolute Gasteiger partial charge is 0.226 e. The van der Waals surface area contributed by atoms with Gasteiger partial charge in [-0.1, -0.05) is 11.8 Å². The van der Waals surface area contributed by atoms with Crippen LogP contribution in [0.2, 0.25) is 0 Å². The number of pyridine rings is 2. The van der Waals surface area contributed by atoms with Gasteiger partial charge in [0.15, 0.2) is 17.6 Å². The number of nitrogens with zero attached hydrogens (tertiary/aromatic N) is 4. The molecule has 5 heterocycles. The summed E-state index contributed by atoms with van der Waals surface area (Å²) in [6, 6.07) is 5.57. The van der Waals surface area contributed by atoms with Gasteiger partial charge < -0.3 is 15.6 Å². The molecule has 0 radical (unpaired) electrons. The first-order chi connectivity index (χ1) is 17.5. The van der Waals surface area contributed by atoms with Crippen molar-refractivity contribution in [2.45, 2.75) is 24.8 Å². The van der Waals surface area contributed by atoms with E-state index in [0.29, 0.717) is 17.3 Å². The lowest BCUT2D eigenvalue weighted by Gasteiger charge is -2.11. The van der Waals surface area contributed by atoms with E-state index in [1.165, 1.54) is 24.7 Å². The van der Waals surface area contributed by atoms with E-state index >= 15 is 0 Å². The lowest BCUT2D eigenvalue weighted by molar-refractivity contribution is -0.121. The van der Waals surface area contributed by atoms with Crippen molar-refractivity contribution in [1.82, 2.24) is 24.9 Å². The molecule has 12 heteroatoms. The molecule has 0 aromatic carbocycles. The van der Waals surface area contributed by atoms with Crippen LogP contribution in [0.4, 0.5) is 21.7 Å². The van der Waals surface area contributed by atoms with Crippen LogP contribution in [-0.2, 0) is 9.59 Å². The fraction of sp³-hybridized carbons (Fsp3) is 0.208. The Bertz CT molecular complexity index is 1520. The summed E-state index contributed by atoms with van der Waals surface area (Å²) in [5.41, 5.74) is 1.83. The Morgan fingerprint density at radius 2 is 1.94 bits per heavy atom. The Morgan fingerprint density at radius 3 is 2.64 bits per heavy atom. The number of thioether (sulfide) groups is 1. The number of nitrogens with one attached hydrogen (secondary N) is 3. The van der Waals surface area contributed by atoms with Gasteiger partial charge in [-0.2, -0.15) is 4.39 Å². The highest BCUT2D eigenvalue weighted by atomic mass is 32.2. The summed E-state index contributed by atoms with van der Waals surface area (Å²) in [4.78, 5) is 56.8. The predicted molar refractivity (Wildman–Crippen MR) is 131 cm³/mol. The Hall–Kier alpha value is -4.19. The summed E-state index contributed by atoms with van der Waals surface area (Å²) in [6.45, 7) is 0. The molecule has 10 nitrogen and oxygen atoms in total. The maximum absolute atomic E-state index is 15.0. The third-order valence-electron chi connectivity index (χ3n) is 6.06. The van der Waals surface area contributed by atoms with Crippen molar-refractivity contribution in [3.63, 3.8) is 0 Å². The molecule has 1 saturated heterocycles. The number of aromatic nitrogens is 5. The first-order valence-electron chi connectivity index (χ1n) is 11.2. The molecule has 3 N–H and O–H groups in total. The largest absolute Gasteiger partial charge is 0.353 e. The monoisotopic (exact) mass is 503 g/mol. The molecule has 1 atom stereocenters. The van der Waals surface area contributed by atoms with E-state index in [2.05, 4.69) is 35.6 Å². The predicted octanol–water partition coefficient (Wildman–Crippen LogP) is 3.36. The van der Waals surface area contributed by atoms with Gasteiger partial charge in [-0.3, -0.25) is 19.4 Å². The van der Waals surface area contributed by atoms with Crippen molar-refractivity contribution in [1.29, 1.82) is 0 Å². The third kappa shape index (κ3) is 4.09. The van der Waals surface area contributed by atoms with Crippen LogP contribution in [0.3, 0.4) is 0 Å². The van der Waals surface area contributed by atoms with Crippen LogP contribution in [0.1, 0.15) is 40.4 Å². The summed E-state index contributed by atoms with van der Waals surface area (Å²) < 4.78 is 15.0. The van der Waals surface area contributed by atoms with Crippen molar-refractivity contribution >= 4 is 56.8 Å². The Kier molecular flexibility index (Phi) is 5.44. The number of hydrogen-bond donors (Lipinski definition) is 3. The zero-order valence-electron chi connectivity index (χ0n) is 18.6. The average Bonchev–Trinajstić information content (AvgIpc) is 3.56. The van der Waals surface area contributed by atoms with E-state index in [1.54, 1.807) is 6.20 Å². The molecule has 180 valence electrons. The molecule has 4 aromatic rings. The minimum absolute atomic E-state index is 0.0711. The number of rotatable bonds is 7. The number of H-pyrrole nitrogens is 1. The van der Waals surface area contributed by atoms with Gasteiger partial charge in [0.1, 0.15) is 23.6 Å². The summed E-state index contributed by atoms with van der Waals surface area (Å²) in [7, 11) is 0. The van der Waals surface area contributed by atoms with Crippen LogP contribution in [-0.4, -0.2) is 53.4 Å². The standard InChI is InChI=1S/C24H18FN7O3S/c25-21-13(4-6-17(31-21)30-12-3-5-15(26-7-12)11-1-2-11)20(34)14-8-27-22-18(14)23(29-10-28-22)32-19-16(33)9-36-24(19)35/h3-8,10-11,19H,1-2,9H2,(H,30,31)(H2,27,28,29,32). The molecule has 1 aliphatic carbocycles.